The van der Waals surface area contributed by atoms with E-state index in [0.717, 1.165) is 5.56 Å². The first-order valence-corrected chi connectivity index (χ1v) is 8.64. The van der Waals surface area contributed by atoms with E-state index in [1.165, 1.54) is 0 Å². The Morgan fingerprint density at radius 2 is 1.84 bits per heavy atom. The molecule has 1 aliphatic heterocycles. The molecule has 6 nitrogen and oxygen atoms in total. The highest BCUT2D eigenvalue weighted by Crippen LogP contribution is 2.26. The zero-order chi connectivity index (χ0) is 18.0. The summed E-state index contributed by atoms with van der Waals surface area (Å²) in [5, 5.41) is 4.26. The average Bonchev–Trinajstić information content (AvgIpc) is 3.11. The molecule has 0 saturated carbocycles. The Morgan fingerprint density at radius 3 is 2.48 bits per heavy atom. The molecule has 1 aromatic carbocycles. The molecule has 2 amide bonds. The van der Waals surface area contributed by atoms with Gasteiger partial charge in [0.2, 0.25) is 5.91 Å². The second kappa shape index (κ2) is 7.09. The minimum absolute atomic E-state index is 0.0321. The minimum Gasteiger partial charge on any atom is -0.333 e. The van der Waals surface area contributed by atoms with E-state index in [2.05, 4.69) is 5.10 Å². The normalized spacial score (nSPS) is 17.8. The van der Waals surface area contributed by atoms with Gasteiger partial charge in [-0.3, -0.25) is 14.3 Å². The van der Waals surface area contributed by atoms with Crippen molar-refractivity contribution in [2.45, 2.75) is 32.9 Å². The van der Waals surface area contributed by atoms with Gasteiger partial charge in [-0.05, 0) is 25.5 Å². The van der Waals surface area contributed by atoms with E-state index in [4.69, 9.17) is 0 Å². The molecule has 0 aliphatic carbocycles. The molecule has 2 heterocycles. The molecule has 0 radical (unpaired) electrons. The zero-order valence-electron chi connectivity index (χ0n) is 14.9. The van der Waals surface area contributed by atoms with Gasteiger partial charge in [0.1, 0.15) is 5.69 Å². The third kappa shape index (κ3) is 3.43. The maximum atomic E-state index is 13.0. The second-order valence-electron chi connectivity index (χ2n) is 6.64. The maximum Gasteiger partial charge on any atom is 0.272 e. The number of carbonyl (C=O) groups is 2. The summed E-state index contributed by atoms with van der Waals surface area (Å²) in [6.07, 6.45) is 1.66. The summed E-state index contributed by atoms with van der Waals surface area (Å²) in [5.74, 6) is 0.00325. The first-order chi connectivity index (χ1) is 12.0. The summed E-state index contributed by atoms with van der Waals surface area (Å²) in [6.45, 7) is 7.16. The van der Waals surface area contributed by atoms with E-state index in [1.807, 2.05) is 54.0 Å². The molecule has 132 valence electrons. The van der Waals surface area contributed by atoms with Crippen LogP contribution in [-0.4, -0.2) is 51.0 Å². The quantitative estimate of drug-likeness (QED) is 0.863. The third-order valence-corrected chi connectivity index (χ3v) is 4.63. The van der Waals surface area contributed by atoms with Gasteiger partial charge < -0.3 is 9.80 Å². The fourth-order valence-electron chi connectivity index (χ4n) is 3.36. The third-order valence-electron chi connectivity index (χ3n) is 4.63. The van der Waals surface area contributed by atoms with Crippen LogP contribution in [0.25, 0.3) is 0 Å². The van der Waals surface area contributed by atoms with Gasteiger partial charge in [-0.15, -0.1) is 0 Å². The van der Waals surface area contributed by atoms with E-state index < -0.39 is 0 Å². The first-order valence-electron chi connectivity index (χ1n) is 8.64. The molecule has 3 rings (SSSR count). The highest BCUT2D eigenvalue weighted by Gasteiger charge is 2.33. The van der Waals surface area contributed by atoms with E-state index in [-0.39, 0.29) is 23.9 Å². The summed E-state index contributed by atoms with van der Waals surface area (Å²) in [6, 6.07) is 11.7. The van der Waals surface area contributed by atoms with Crippen LogP contribution < -0.4 is 0 Å². The molecular formula is C19H24N4O2. The van der Waals surface area contributed by atoms with Crippen LogP contribution in [0.15, 0.2) is 42.6 Å². The number of nitrogens with zero attached hydrogens (tertiary/aromatic N) is 4. The highest BCUT2D eigenvalue weighted by molar-refractivity contribution is 5.92. The Balaban J connectivity index is 1.86. The summed E-state index contributed by atoms with van der Waals surface area (Å²) in [4.78, 5) is 28.7. The number of hydrogen-bond donors (Lipinski definition) is 0. The molecule has 1 aromatic heterocycles. The van der Waals surface area contributed by atoms with Crippen molar-refractivity contribution in [3.63, 3.8) is 0 Å². The topological polar surface area (TPSA) is 58.4 Å². The molecule has 0 unspecified atom stereocenters. The largest absolute Gasteiger partial charge is 0.333 e. The lowest BCUT2D eigenvalue weighted by Crippen LogP contribution is -2.52. The number of benzene rings is 1. The van der Waals surface area contributed by atoms with Crippen LogP contribution >= 0.6 is 0 Å². The fourth-order valence-corrected chi connectivity index (χ4v) is 3.36. The predicted octanol–water partition coefficient (Wildman–Crippen LogP) is 2.51. The van der Waals surface area contributed by atoms with Gasteiger partial charge in [-0.25, -0.2) is 0 Å². The van der Waals surface area contributed by atoms with Crippen molar-refractivity contribution in [1.29, 1.82) is 0 Å². The number of aromatic nitrogens is 2. The van der Waals surface area contributed by atoms with E-state index in [1.54, 1.807) is 23.9 Å². The van der Waals surface area contributed by atoms with Crippen molar-refractivity contribution >= 4 is 11.8 Å². The summed E-state index contributed by atoms with van der Waals surface area (Å²) in [7, 11) is 0. The van der Waals surface area contributed by atoms with Crippen molar-refractivity contribution in [3.05, 3.63) is 53.9 Å². The Bertz CT molecular complexity index is 754. The Labute approximate surface area is 148 Å². The van der Waals surface area contributed by atoms with Crippen LogP contribution in [0.3, 0.4) is 0 Å². The Hall–Kier alpha value is -2.63. The molecule has 2 aromatic rings. The van der Waals surface area contributed by atoms with E-state index in [9.17, 15) is 9.59 Å². The van der Waals surface area contributed by atoms with Crippen molar-refractivity contribution in [3.8, 4) is 0 Å². The van der Waals surface area contributed by atoms with Gasteiger partial charge >= 0.3 is 0 Å². The number of amides is 2. The number of hydrogen-bond acceptors (Lipinski definition) is 3. The number of rotatable bonds is 3. The minimum atomic E-state index is -0.119. The highest BCUT2D eigenvalue weighted by atomic mass is 16.2. The summed E-state index contributed by atoms with van der Waals surface area (Å²) >= 11 is 0. The summed E-state index contributed by atoms with van der Waals surface area (Å²) < 4.78 is 1.75. The van der Waals surface area contributed by atoms with E-state index >= 15 is 0 Å². The van der Waals surface area contributed by atoms with Crippen molar-refractivity contribution in [1.82, 2.24) is 19.6 Å². The standard InChI is InChI=1S/C19H24N4O2/c1-14(2)23-17(9-10-20-23)19(25)21-11-12-22(15(3)24)18(13-21)16-7-5-4-6-8-16/h4-10,14,18H,11-13H2,1-3H3/t18-/m0/s1. The monoisotopic (exact) mass is 340 g/mol. The lowest BCUT2D eigenvalue weighted by molar-refractivity contribution is -0.133. The number of piperazine rings is 1. The van der Waals surface area contributed by atoms with Crippen LogP contribution in [0.1, 0.15) is 48.9 Å². The molecule has 1 atom stereocenters. The van der Waals surface area contributed by atoms with Crippen LogP contribution in [-0.2, 0) is 4.79 Å². The molecule has 0 bridgehead atoms. The van der Waals surface area contributed by atoms with E-state index in [0.29, 0.717) is 25.3 Å². The smallest absolute Gasteiger partial charge is 0.272 e. The molecule has 1 fully saturated rings. The summed E-state index contributed by atoms with van der Waals surface area (Å²) in [5.41, 5.74) is 1.64. The lowest BCUT2D eigenvalue weighted by Gasteiger charge is -2.41. The molecule has 0 spiro atoms. The number of carbonyl (C=O) groups excluding carboxylic acids is 2. The van der Waals surface area contributed by atoms with Gasteiger partial charge in [0.15, 0.2) is 0 Å². The molecule has 6 heteroatoms. The van der Waals surface area contributed by atoms with Gasteiger partial charge in [0.05, 0.1) is 6.04 Å². The molecule has 25 heavy (non-hydrogen) atoms. The maximum absolute atomic E-state index is 13.0. The molecular weight excluding hydrogens is 316 g/mol. The Kier molecular flexibility index (Phi) is 4.88. The SMILES string of the molecule is CC(=O)N1CCN(C(=O)c2ccnn2C(C)C)C[C@H]1c1ccccc1. The van der Waals surface area contributed by atoms with Crippen LogP contribution in [0.2, 0.25) is 0 Å². The zero-order valence-corrected chi connectivity index (χ0v) is 14.9. The fraction of sp³-hybridized carbons (Fsp3) is 0.421. The van der Waals surface area contributed by atoms with Crippen molar-refractivity contribution < 1.29 is 9.59 Å². The lowest BCUT2D eigenvalue weighted by atomic mass is 10.0. The van der Waals surface area contributed by atoms with Crippen LogP contribution in [0.4, 0.5) is 0 Å². The Morgan fingerprint density at radius 1 is 1.12 bits per heavy atom. The van der Waals surface area contributed by atoms with Gasteiger partial charge in [0.25, 0.3) is 5.91 Å². The molecule has 1 saturated heterocycles. The van der Waals surface area contributed by atoms with Gasteiger partial charge in [0, 0.05) is 38.8 Å². The van der Waals surface area contributed by atoms with Crippen molar-refractivity contribution in [2.24, 2.45) is 0 Å². The average molecular weight is 340 g/mol. The van der Waals surface area contributed by atoms with Crippen LogP contribution in [0.5, 0.6) is 0 Å². The van der Waals surface area contributed by atoms with Gasteiger partial charge in [-0.1, -0.05) is 30.3 Å². The molecule has 0 N–H and O–H groups in total. The predicted molar refractivity (Wildman–Crippen MR) is 95.1 cm³/mol. The van der Waals surface area contributed by atoms with Crippen molar-refractivity contribution in [2.75, 3.05) is 19.6 Å². The van der Waals surface area contributed by atoms with Crippen LogP contribution in [0, 0.1) is 0 Å². The second-order valence-corrected chi connectivity index (χ2v) is 6.64. The first kappa shape index (κ1) is 17.2. The van der Waals surface area contributed by atoms with Gasteiger partial charge in [-0.2, -0.15) is 5.10 Å². The molecule has 1 aliphatic rings.